The van der Waals surface area contributed by atoms with Crippen LogP contribution >= 0.6 is 0 Å². The van der Waals surface area contributed by atoms with E-state index in [9.17, 15) is 14.7 Å². The Bertz CT molecular complexity index is 898. The molecule has 2 bridgehead atoms. The molecule has 2 fully saturated rings. The molecule has 0 aromatic heterocycles. The van der Waals surface area contributed by atoms with Gasteiger partial charge < -0.3 is 19.3 Å². The molecule has 3 aliphatic rings. The maximum atomic E-state index is 12.7. The fraction of sp³-hybridized carbons (Fsp3) is 0.333. The first-order valence-corrected chi connectivity index (χ1v) is 9.25. The first kappa shape index (κ1) is 17.2. The molecule has 1 amide bonds. The van der Waals surface area contributed by atoms with Gasteiger partial charge in [0.2, 0.25) is 0 Å². The van der Waals surface area contributed by atoms with Crippen molar-refractivity contribution in [3.8, 4) is 11.1 Å². The van der Waals surface area contributed by atoms with E-state index in [1.54, 1.807) is 0 Å². The lowest BCUT2D eigenvalue weighted by Crippen LogP contribution is -2.57. The van der Waals surface area contributed by atoms with Gasteiger partial charge in [-0.25, -0.2) is 9.59 Å². The van der Waals surface area contributed by atoms with Crippen LogP contribution in [-0.2, 0) is 19.0 Å². The van der Waals surface area contributed by atoms with Crippen molar-refractivity contribution in [3.63, 3.8) is 0 Å². The van der Waals surface area contributed by atoms with Gasteiger partial charge in [0.05, 0.1) is 13.2 Å². The highest BCUT2D eigenvalue weighted by molar-refractivity contribution is 5.81. The molecule has 0 spiro atoms. The first-order valence-electron chi connectivity index (χ1n) is 9.25. The zero-order valence-electron chi connectivity index (χ0n) is 15.0. The van der Waals surface area contributed by atoms with Crippen LogP contribution in [0.5, 0.6) is 0 Å². The third kappa shape index (κ3) is 2.66. The first-order chi connectivity index (χ1) is 13.6. The molecular formula is C21H19NO6. The number of amides is 1. The fourth-order valence-electron chi connectivity index (χ4n) is 4.33. The number of fused-ring (bicyclic) bond motifs is 5. The number of morpholine rings is 1. The minimum absolute atomic E-state index is 0.0753. The van der Waals surface area contributed by atoms with Crippen LogP contribution in [-0.4, -0.2) is 60.3 Å². The summed E-state index contributed by atoms with van der Waals surface area (Å²) < 4.78 is 16.4. The van der Waals surface area contributed by atoms with Crippen LogP contribution in [0.25, 0.3) is 11.1 Å². The van der Waals surface area contributed by atoms with Crippen molar-refractivity contribution in [1.82, 2.24) is 4.90 Å². The van der Waals surface area contributed by atoms with Crippen LogP contribution in [0.2, 0.25) is 0 Å². The summed E-state index contributed by atoms with van der Waals surface area (Å²) in [4.78, 5) is 25.6. The lowest BCUT2D eigenvalue weighted by Gasteiger charge is -2.35. The predicted molar refractivity (Wildman–Crippen MR) is 97.8 cm³/mol. The van der Waals surface area contributed by atoms with Gasteiger partial charge in [-0.2, -0.15) is 0 Å². The van der Waals surface area contributed by atoms with Gasteiger partial charge in [-0.1, -0.05) is 48.5 Å². The molecular weight excluding hydrogens is 362 g/mol. The van der Waals surface area contributed by atoms with Crippen molar-refractivity contribution in [2.75, 3.05) is 19.8 Å². The normalized spacial score (nSPS) is 25.3. The number of carbonyl (C=O) groups is 2. The number of aliphatic carboxylic acids is 1. The Morgan fingerprint density at radius 3 is 2.36 bits per heavy atom. The third-order valence-electron chi connectivity index (χ3n) is 5.59. The summed E-state index contributed by atoms with van der Waals surface area (Å²) >= 11 is 0. The number of hydrogen-bond donors (Lipinski definition) is 1. The molecule has 2 aliphatic heterocycles. The van der Waals surface area contributed by atoms with Crippen molar-refractivity contribution < 1.29 is 28.9 Å². The Hall–Kier alpha value is -2.90. The molecule has 7 nitrogen and oxygen atoms in total. The van der Waals surface area contributed by atoms with E-state index in [-0.39, 0.29) is 31.8 Å². The van der Waals surface area contributed by atoms with Gasteiger partial charge in [0.15, 0.2) is 12.3 Å². The van der Waals surface area contributed by atoms with E-state index in [1.165, 1.54) is 4.90 Å². The standard InChI is InChI=1S/C21H19NO6/c23-19(24)18-20-26-10-12(28-20)9-22(18)21(25)27-11-17-15-7-3-1-5-13(15)14-6-2-4-8-16(14)17/h1-8,12,17-18,20H,9-11H2,(H,23,24)/t12-,18+,20+/m0/s1. The molecule has 0 saturated carbocycles. The zero-order valence-corrected chi connectivity index (χ0v) is 15.0. The van der Waals surface area contributed by atoms with Gasteiger partial charge in [-0.15, -0.1) is 0 Å². The second-order valence-electron chi connectivity index (χ2n) is 7.20. The summed E-state index contributed by atoms with van der Waals surface area (Å²) in [6.45, 7) is 0.568. The Kier molecular flexibility index (Phi) is 4.07. The molecule has 28 heavy (non-hydrogen) atoms. The molecule has 5 rings (SSSR count). The second kappa shape index (κ2) is 6.61. The Balaban J connectivity index is 1.36. The zero-order chi connectivity index (χ0) is 19.3. The number of ether oxygens (including phenoxy) is 3. The van der Waals surface area contributed by atoms with E-state index in [2.05, 4.69) is 12.1 Å². The number of benzene rings is 2. The molecule has 144 valence electrons. The quantitative estimate of drug-likeness (QED) is 0.879. The van der Waals surface area contributed by atoms with Gasteiger partial charge in [0.1, 0.15) is 12.7 Å². The predicted octanol–water partition coefficient (Wildman–Crippen LogP) is 2.45. The molecule has 0 unspecified atom stereocenters. The van der Waals surface area contributed by atoms with Gasteiger partial charge >= 0.3 is 12.1 Å². The summed E-state index contributed by atoms with van der Waals surface area (Å²) in [7, 11) is 0. The highest BCUT2D eigenvalue weighted by atomic mass is 16.7. The van der Waals surface area contributed by atoms with Crippen molar-refractivity contribution >= 4 is 12.1 Å². The van der Waals surface area contributed by atoms with Crippen molar-refractivity contribution in [3.05, 3.63) is 59.7 Å². The van der Waals surface area contributed by atoms with Crippen LogP contribution in [0, 0.1) is 0 Å². The molecule has 2 aromatic carbocycles. The second-order valence-corrected chi connectivity index (χ2v) is 7.20. The van der Waals surface area contributed by atoms with E-state index in [0.29, 0.717) is 0 Å². The minimum atomic E-state index is -1.20. The maximum absolute atomic E-state index is 12.7. The van der Waals surface area contributed by atoms with Crippen LogP contribution in [0.15, 0.2) is 48.5 Å². The number of nitrogens with zero attached hydrogens (tertiary/aromatic N) is 1. The molecule has 2 heterocycles. The average molecular weight is 381 g/mol. The number of rotatable bonds is 3. The van der Waals surface area contributed by atoms with Crippen LogP contribution in [0.4, 0.5) is 4.79 Å². The topological polar surface area (TPSA) is 85.3 Å². The molecule has 1 aliphatic carbocycles. The largest absolute Gasteiger partial charge is 0.480 e. The summed E-state index contributed by atoms with van der Waals surface area (Å²) in [5.74, 6) is -1.24. The summed E-state index contributed by atoms with van der Waals surface area (Å²) in [6, 6.07) is 14.9. The van der Waals surface area contributed by atoms with Gasteiger partial charge in [0.25, 0.3) is 0 Å². The summed E-state index contributed by atoms with van der Waals surface area (Å²) in [5, 5.41) is 9.51. The molecule has 7 heteroatoms. The van der Waals surface area contributed by atoms with E-state index >= 15 is 0 Å². The molecule has 3 atom stereocenters. The Labute approximate surface area is 161 Å². The molecule has 2 saturated heterocycles. The van der Waals surface area contributed by atoms with E-state index < -0.39 is 24.4 Å². The number of carbonyl (C=O) groups excluding carboxylic acids is 1. The minimum Gasteiger partial charge on any atom is -0.480 e. The number of carboxylic acid groups (broad SMARTS) is 1. The van der Waals surface area contributed by atoms with Gasteiger partial charge in [0, 0.05) is 5.92 Å². The van der Waals surface area contributed by atoms with Crippen LogP contribution in [0.1, 0.15) is 17.0 Å². The van der Waals surface area contributed by atoms with Crippen molar-refractivity contribution in [2.45, 2.75) is 24.4 Å². The lowest BCUT2D eigenvalue weighted by molar-refractivity contribution is -0.173. The smallest absolute Gasteiger partial charge is 0.410 e. The highest BCUT2D eigenvalue weighted by Gasteiger charge is 2.49. The van der Waals surface area contributed by atoms with Crippen LogP contribution < -0.4 is 0 Å². The van der Waals surface area contributed by atoms with E-state index in [4.69, 9.17) is 14.2 Å². The average Bonchev–Trinajstić information content (AvgIpc) is 3.24. The molecule has 0 radical (unpaired) electrons. The van der Waals surface area contributed by atoms with Crippen molar-refractivity contribution in [2.24, 2.45) is 0 Å². The van der Waals surface area contributed by atoms with E-state index in [1.807, 2.05) is 36.4 Å². The number of hydrogen-bond acceptors (Lipinski definition) is 5. The number of carboxylic acids is 1. The van der Waals surface area contributed by atoms with Gasteiger partial charge in [-0.3, -0.25) is 4.90 Å². The Morgan fingerprint density at radius 1 is 1.07 bits per heavy atom. The highest BCUT2D eigenvalue weighted by Crippen LogP contribution is 2.44. The SMILES string of the molecule is O=C(O)[C@@H]1[C@@H]2OC[C@H](CN1C(=O)OCC1c3ccccc3-c3ccccc31)O2. The molecule has 1 N–H and O–H groups in total. The fourth-order valence-corrected chi connectivity index (χ4v) is 4.33. The Morgan fingerprint density at radius 2 is 1.71 bits per heavy atom. The molecule has 2 aromatic rings. The lowest BCUT2D eigenvalue weighted by atomic mass is 9.98. The summed E-state index contributed by atoms with van der Waals surface area (Å²) in [5.41, 5.74) is 4.49. The van der Waals surface area contributed by atoms with Crippen LogP contribution in [0.3, 0.4) is 0 Å². The van der Waals surface area contributed by atoms with E-state index in [0.717, 1.165) is 22.3 Å². The monoisotopic (exact) mass is 381 g/mol. The summed E-state index contributed by atoms with van der Waals surface area (Å²) in [6.07, 6.45) is -1.92. The third-order valence-corrected chi connectivity index (χ3v) is 5.59. The maximum Gasteiger partial charge on any atom is 0.410 e. The van der Waals surface area contributed by atoms with Gasteiger partial charge in [-0.05, 0) is 22.3 Å². The van der Waals surface area contributed by atoms with Crippen molar-refractivity contribution in [1.29, 1.82) is 0 Å².